The van der Waals surface area contributed by atoms with Gasteiger partial charge in [0.15, 0.2) is 16.6 Å². The van der Waals surface area contributed by atoms with Crippen LogP contribution in [0.25, 0.3) is 16.6 Å². The summed E-state index contributed by atoms with van der Waals surface area (Å²) in [5, 5.41) is 10.1. The van der Waals surface area contributed by atoms with Gasteiger partial charge in [0.25, 0.3) is 0 Å². The lowest BCUT2D eigenvalue weighted by Crippen LogP contribution is -2.10. The summed E-state index contributed by atoms with van der Waals surface area (Å²) in [6.45, 7) is 2.30. The Morgan fingerprint density at radius 3 is 2.96 bits per heavy atom. The van der Waals surface area contributed by atoms with Crippen molar-refractivity contribution in [1.29, 1.82) is 0 Å². The Kier molecular flexibility index (Phi) is 3.34. The lowest BCUT2D eigenvalue weighted by molar-refractivity contribution is 0.646. The van der Waals surface area contributed by atoms with E-state index in [0.717, 1.165) is 20.2 Å². The molecule has 2 N–H and O–H groups in total. The number of nitrogens with two attached hydrogens (primary N) is 1. The smallest absolute Gasteiger partial charge is 0.172 e. The molecule has 0 bridgehead atoms. The predicted octanol–water partition coefficient (Wildman–Crippen LogP) is 2.07. The molecule has 8 nitrogen and oxygen atoms in total. The average Bonchev–Trinajstić information content (AvgIpc) is 3.02. The van der Waals surface area contributed by atoms with Gasteiger partial charge in [0.2, 0.25) is 0 Å². The molecule has 0 spiro atoms. The molecule has 0 aromatic carbocycles. The van der Waals surface area contributed by atoms with Crippen molar-refractivity contribution in [2.24, 2.45) is 0 Å². The quantitative estimate of drug-likeness (QED) is 0.479. The number of fused-ring (bicyclic) bond motifs is 2. The molecule has 10 heteroatoms. The van der Waals surface area contributed by atoms with Crippen LogP contribution in [0.1, 0.15) is 11.4 Å². The molecule has 0 saturated heterocycles. The highest BCUT2D eigenvalue weighted by Gasteiger charge is 2.15. The second kappa shape index (κ2) is 5.27. The van der Waals surface area contributed by atoms with Crippen LogP contribution in [0.3, 0.4) is 0 Å². The molecule has 116 valence electrons. The molecule has 0 aliphatic heterocycles. The van der Waals surface area contributed by atoms with Crippen LogP contribution in [0.4, 0.5) is 5.82 Å². The van der Waals surface area contributed by atoms with E-state index in [9.17, 15) is 0 Å². The number of hydrogen-bond donors (Lipinski definition) is 1. The van der Waals surface area contributed by atoms with Gasteiger partial charge in [0.1, 0.15) is 27.9 Å². The number of rotatable bonds is 2. The largest absolute Gasteiger partial charge is 0.383 e. The number of anilines is 1. The van der Waals surface area contributed by atoms with Crippen molar-refractivity contribution >= 4 is 56.6 Å². The van der Waals surface area contributed by atoms with Crippen molar-refractivity contribution in [2.45, 2.75) is 13.5 Å². The Morgan fingerprint density at radius 2 is 2.13 bits per heavy atom. The Balaban J connectivity index is 1.84. The van der Waals surface area contributed by atoms with Crippen molar-refractivity contribution in [2.75, 3.05) is 5.73 Å². The number of nitrogen functional groups attached to an aromatic ring is 1. The third-order valence-corrected chi connectivity index (χ3v) is 4.54. The Bertz CT molecular complexity index is 1050. The van der Waals surface area contributed by atoms with Crippen LogP contribution in [-0.2, 0) is 6.54 Å². The van der Waals surface area contributed by atoms with Gasteiger partial charge >= 0.3 is 0 Å². The maximum atomic E-state index is 6.28. The first-order valence-electron chi connectivity index (χ1n) is 6.67. The van der Waals surface area contributed by atoms with E-state index < -0.39 is 0 Å². The molecule has 4 aromatic heterocycles. The zero-order valence-electron chi connectivity index (χ0n) is 11.9. The molecule has 0 amide bonds. The van der Waals surface area contributed by atoms with Crippen molar-refractivity contribution in [3.05, 3.63) is 38.8 Å². The molecule has 0 aliphatic rings. The second-order valence-electron chi connectivity index (χ2n) is 5.02. The first kappa shape index (κ1) is 14.6. The minimum Gasteiger partial charge on any atom is -0.383 e. The van der Waals surface area contributed by atoms with E-state index in [4.69, 9.17) is 17.3 Å². The van der Waals surface area contributed by atoms with Crippen LogP contribution >= 0.6 is 34.2 Å². The van der Waals surface area contributed by atoms with Crippen LogP contribution in [0.2, 0.25) is 5.15 Å². The third kappa shape index (κ3) is 2.30. The van der Waals surface area contributed by atoms with Gasteiger partial charge in [-0.2, -0.15) is 10.2 Å². The van der Waals surface area contributed by atoms with Gasteiger partial charge in [0.05, 0.1) is 5.39 Å². The van der Waals surface area contributed by atoms with Crippen LogP contribution in [0.15, 0.2) is 18.6 Å². The zero-order valence-corrected chi connectivity index (χ0v) is 14.8. The molecule has 0 radical (unpaired) electrons. The summed E-state index contributed by atoms with van der Waals surface area (Å²) in [6, 6.07) is 1.94. The lowest BCUT2D eigenvalue weighted by atomic mass is 10.3. The van der Waals surface area contributed by atoms with Gasteiger partial charge < -0.3 is 5.73 Å². The van der Waals surface area contributed by atoms with Crippen molar-refractivity contribution < 1.29 is 0 Å². The minimum atomic E-state index is 0.336. The van der Waals surface area contributed by atoms with Crippen molar-refractivity contribution in [1.82, 2.24) is 34.3 Å². The van der Waals surface area contributed by atoms with Crippen molar-refractivity contribution in [3.8, 4) is 0 Å². The number of aromatic nitrogens is 7. The van der Waals surface area contributed by atoms with Crippen LogP contribution < -0.4 is 5.73 Å². The van der Waals surface area contributed by atoms with Crippen LogP contribution in [-0.4, -0.2) is 34.3 Å². The summed E-state index contributed by atoms with van der Waals surface area (Å²) in [4.78, 5) is 12.6. The summed E-state index contributed by atoms with van der Waals surface area (Å²) in [7, 11) is 0. The van der Waals surface area contributed by atoms with E-state index in [-0.39, 0.29) is 0 Å². The van der Waals surface area contributed by atoms with Crippen LogP contribution in [0, 0.1) is 10.6 Å². The fraction of sp³-hybridized carbons (Fsp3) is 0.154. The van der Waals surface area contributed by atoms with Crippen molar-refractivity contribution in [3.63, 3.8) is 0 Å². The first-order chi connectivity index (χ1) is 11.0. The highest BCUT2D eigenvalue weighted by molar-refractivity contribution is 14.1. The van der Waals surface area contributed by atoms with E-state index in [0.29, 0.717) is 29.0 Å². The normalized spacial score (nSPS) is 11.6. The number of halogens is 2. The standard InChI is InChI=1S/C13H10ClIN8/c1-6-2-3-22-9(6)10(14)19-7(20-22)4-23-13-8(11(15)21-23)12(16)17-5-18-13/h2-3,5H,4H2,1H3,(H2,16,17,18). The SMILES string of the molecule is Cc1ccn2nc(Cn3nc(I)c4c(N)ncnc43)nc(Cl)c12. The van der Waals surface area contributed by atoms with E-state index in [2.05, 4.69) is 47.7 Å². The summed E-state index contributed by atoms with van der Waals surface area (Å²) < 4.78 is 4.16. The Labute approximate surface area is 148 Å². The lowest BCUT2D eigenvalue weighted by Gasteiger charge is -2.05. The van der Waals surface area contributed by atoms with Gasteiger partial charge in [-0.25, -0.2) is 24.1 Å². The molecule has 0 unspecified atom stereocenters. The second-order valence-corrected chi connectivity index (χ2v) is 6.40. The van der Waals surface area contributed by atoms with Crippen LogP contribution in [0.5, 0.6) is 0 Å². The zero-order chi connectivity index (χ0) is 16.1. The molecular weight excluding hydrogens is 431 g/mol. The number of aryl methyl sites for hydroxylation is 1. The van der Waals surface area contributed by atoms with E-state index in [1.165, 1.54) is 6.33 Å². The molecule has 0 atom stereocenters. The van der Waals surface area contributed by atoms with E-state index in [1.54, 1.807) is 9.20 Å². The monoisotopic (exact) mass is 440 g/mol. The fourth-order valence-electron chi connectivity index (χ4n) is 2.47. The Morgan fingerprint density at radius 1 is 1.30 bits per heavy atom. The van der Waals surface area contributed by atoms with Gasteiger partial charge in [0, 0.05) is 6.20 Å². The molecule has 4 aromatic rings. The summed E-state index contributed by atoms with van der Waals surface area (Å²) in [5.41, 5.74) is 8.38. The van der Waals surface area contributed by atoms with Gasteiger partial charge in [-0.05, 0) is 41.1 Å². The molecule has 0 aliphatic carbocycles. The highest BCUT2D eigenvalue weighted by atomic mass is 127. The van der Waals surface area contributed by atoms with E-state index in [1.807, 2.05) is 19.2 Å². The van der Waals surface area contributed by atoms with Gasteiger partial charge in [-0.3, -0.25) is 0 Å². The third-order valence-electron chi connectivity index (χ3n) is 3.52. The molecular formula is C13H10ClIN8. The van der Waals surface area contributed by atoms with Gasteiger partial charge in [-0.1, -0.05) is 11.6 Å². The number of nitrogens with zero attached hydrogens (tertiary/aromatic N) is 7. The minimum absolute atomic E-state index is 0.336. The molecule has 0 saturated carbocycles. The maximum absolute atomic E-state index is 6.28. The van der Waals surface area contributed by atoms with Gasteiger partial charge in [-0.15, -0.1) is 0 Å². The predicted molar refractivity (Wildman–Crippen MR) is 94.3 cm³/mol. The first-order valence-corrected chi connectivity index (χ1v) is 8.13. The molecule has 4 rings (SSSR count). The maximum Gasteiger partial charge on any atom is 0.172 e. The highest BCUT2D eigenvalue weighted by Crippen LogP contribution is 2.23. The summed E-state index contributed by atoms with van der Waals surface area (Å²) in [6.07, 6.45) is 3.27. The average molecular weight is 441 g/mol. The fourth-order valence-corrected chi connectivity index (χ4v) is 3.58. The topological polar surface area (TPSA) is 99.8 Å². The summed E-state index contributed by atoms with van der Waals surface area (Å²) in [5.74, 6) is 0.942. The molecule has 23 heavy (non-hydrogen) atoms. The Hall–Kier alpha value is -2.01. The number of hydrogen-bond acceptors (Lipinski definition) is 6. The van der Waals surface area contributed by atoms with E-state index >= 15 is 0 Å². The molecule has 0 fully saturated rings. The summed E-state index contributed by atoms with van der Waals surface area (Å²) >= 11 is 8.38. The molecule has 4 heterocycles.